The first-order chi connectivity index (χ1) is 3.15. The van der Waals surface area contributed by atoms with Crippen LogP contribution < -0.4 is 0 Å². The molecular formula is C3H7F3S. The van der Waals surface area contributed by atoms with E-state index < -0.39 is 6.68 Å². The molecule has 0 heterocycles. The third kappa shape index (κ3) is 5370. The zero-order valence-corrected chi connectivity index (χ0v) is 4.94. The minimum atomic E-state index is -3.67. The van der Waals surface area contributed by atoms with Gasteiger partial charge in [-0.05, 0) is 12.5 Å². The average Bonchev–Trinajstić information content (AvgIpc) is 1.33. The van der Waals surface area contributed by atoms with Gasteiger partial charge in [-0.1, -0.05) is 0 Å². The van der Waals surface area contributed by atoms with E-state index in [2.05, 4.69) is 0 Å². The lowest BCUT2D eigenvalue weighted by Crippen LogP contribution is -1.65. The molecule has 7 heavy (non-hydrogen) atoms. The van der Waals surface area contributed by atoms with Crippen LogP contribution in [0.5, 0.6) is 0 Å². The molecule has 0 atom stereocenters. The summed E-state index contributed by atoms with van der Waals surface area (Å²) in [5.74, 6) is 0. The van der Waals surface area contributed by atoms with Crippen LogP contribution >= 0.6 is 11.8 Å². The van der Waals surface area contributed by atoms with E-state index in [0.717, 1.165) is 0 Å². The average molecular weight is 132 g/mol. The van der Waals surface area contributed by atoms with E-state index in [0.29, 0.717) is 0 Å². The van der Waals surface area contributed by atoms with Crippen LogP contribution in [0.15, 0.2) is 0 Å². The van der Waals surface area contributed by atoms with Crippen molar-refractivity contribution in [3.63, 3.8) is 0 Å². The maximum absolute atomic E-state index is 9.67. The van der Waals surface area contributed by atoms with Crippen molar-refractivity contribution in [1.29, 1.82) is 0 Å². The number of rotatable bonds is 0. The molecule has 0 saturated carbocycles. The molecule has 0 spiro atoms. The molecule has 0 aromatic rings. The Hall–Kier alpha value is 0.140. The van der Waals surface area contributed by atoms with Crippen molar-refractivity contribution in [1.82, 2.24) is 0 Å². The van der Waals surface area contributed by atoms with Crippen molar-refractivity contribution < 1.29 is 13.2 Å². The molecule has 0 nitrogen and oxygen atoms in total. The Kier molecular flexibility index (Phi) is 13.8. The second-order valence-corrected chi connectivity index (χ2v) is 1.47. The van der Waals surface area contributed by atoms with Gasteiger partial charge in [0.15, 0.2) is 0 Å². The van der Waals surface area contributed by atoms with Crippen LogP contribution in [0.1, 0.15) is 0 Å². The van der Waals surface area contributed by atoms with Gasteiger partial charge < -0.3 is 0 Å². The lowest BCUT2D eigenvalue weighted by atomic mass is 11.6. The molecule has 46 valence electrons. The topological polar surface area (TPSA) is 0 Å². The normalized spacial score (nSPS) is 7.71. The maximum atomic E-state index is 9.67. The summed E-state index contributed by atoms with van der Waals surface area (Å²) in [5, 5.41) is 0. The molecule has 0 radical (unpaired) electrons. The van der Waals surface area contributed by atoms with E-state index in [1.54, 1.807) is 11.8 Å². The second-order valence-electron chi connectivity index (χ2n) is 0.656. The molecule has 0 bridgehead atoms. The maximum Gasteiger partial charge on any atom is 0.379 e. The van der Waals surface area contributed by atoms with E-state index in [1.165, 1.54) is 0 Å². The van der Waals surface area contributed by atoms with Gasteiger partial charge in [-0.3, -0.25) is 0 Å². The van der Waals surface area contributed by atoms with Crippen LogP contribution in [-0.4, -0.2) is 19.2 Å². The fraction of sp³-hybridized carbons (Fsp3) is 1.00. The highest BCUT2D eigenvalue weighted by atomic mass is 32.2. The molecule has 0 aliphatic rings. The molecule has 0 saturated heterocycles. The summed E-state index contributed by atoms with van der Waals surface area (Å²) in [4.78, 5) is 0. The molecule has 4 heteroatoms. The third-order valence-electron chi connectivity index (χ3n) is 0. The highest BCUT2D eigenvalue weighted by Gasteiger charge is 1.86. The van der Waals surface area contributed by atoms with Crippen molar-refractivity contribution in [2.24, 2.45) is 0 Å². The first kappa shape index (κ1) is 10.2. The van der Waals surface area contributed by atoms with Crippen molar-refractivity contribution in [3.05, 3.63) is 0 Å². The van der Waals surface area contributed by atoms with E-state index in [4.69, 9.17) is 0 Å². The van der Waals surface area contributed by atoms with Crippen LogP contribution in [0, 0.1) is 0 Å². The Balaban J connectivity index is 0. The van der Waals surface area contributed by atoms with E-state index in [9.17, 15) is 13.2 Å². The first-order valence-corrected chi connectivity index (χ1v) is 3.10. The zero-order valence-electron chi connectivity index (χ0n) is 4.12. The van der Waals surface area contributed by atoms with Crippen LogP contribution in [0.4, 0.5) is 13.2 Å². The standard InChI is InChI=1S/C2H6S.CHF3/c1-3-2;2-1(3)4/h1-2H3;1H. The Morgan fingerprint density at radius 2 is 1.14 bits per heavy atom. The van der Waals surface area contributed by atoms with E-state index >= 15 is 0 Å². The SMILES string of the molecule is CSC.FC(F)F. The molecule has 0 aliphatic carbocycles. The summed E-state index contributed by atoms with van der Waals surface area (Å²) >= 11 is 1.75. The lowest BCUT2D eigenvalue weighted by molar-refractivity contribution is 0.00819. The van der Waals surface area contributed by atoms with Gasteiger partial charge in [0.25, 0.3) is 0 Å². The quantitative estimate of drug-likeness (QED) is 0.486. The Labute approximate surface area is 45.1 Å². The summed E-state index contributed by atoms with van der Waals surface area (Å²) in [5.41, 5.74) is 0. The molecule has 0 aromatic heterocycles. The fourth-order valence-electron chi connectivity index (χ4n) is 0. The number of hydrogen-bond donors (Lipinski definition) is 0. The summed E-state index contributed by atoms with van der Waals surface area (Å²) in [7, 11) is 0. The van der Waals surface area contributed by atoms with Crippen molar-refractivity contribution in [3.8, 4) is 0 Å². The molecule has 0 unspecified atom stereocenters. The van der Waals surface area contributed by atoms with Crippen LogP contribution in [0.25, 0.3) is 0 Å². The summed E-state index contributed by atoms with van der Waals surface area (Å²) in [6.07, 6.45) is 4.08. The Morgan fingerprint density at radius 3 is 1.14 bits per heavy atom. The fourth-order valence-corrected chi connectivity index (χ4v) is 0. The van der Waals surface area contributed by atoms with Crippen molar-refractivity contribution in [2.45, 2.75) is 6.68 Å². The third-order valence-corrected chi connectivity index (χ3v) is 0. The molecule has 0 rings (SSSR count). The van der Waals surface area contributed by atoms with Gasteiger partial charge in [-0.25, -0.2) is 0 Å². The van der Waals surface area contributed by atoms with E-state index in [-0.39, 0.29) is 0 Å². The second kappa shape index (κ2) is 9.46. The summed E-state index contributed by atoms with van der Waals surface area (Å²) in [6, 6.07) is 0. The van der Waals surface area contributed by atoms with Gasteiger partial charge in [0.05, 0.1) is 0 Å². The number of alkyl halides is 3. The van der Waals surface area contributed by atoms with Crippen LogP contribution in [-0.2, 0) is 0 Å². The summed E-state index contributed by atoms with van der Waals surface area (Å²) < 4.78 is 29.0. The van der Waals surface area contributed by atoms with E-state index in [1.807, 2.05) is 12.5 Å². The zero-order chi connectivity index (χ0) is 6.28. The Bertz CT molecular complexity index is 21.4. The van der Waals surface area contributed by atoms with Crippen molar-refractivity contribution >= 4 is 11.8 Å². The highest BCUT2D eigenvalue weighted by molar-refractivity contribution is 7.97. The van der Waals surface area contributed by atoms with Gasteiger partial charge in [0, 0.05) is 0 Å². The van der Waals surface area contributed by atoms with Crippen LogP contribution in [0.3, 0.4) is 0 Å². The molecule has 0 N–H and O–H groups in total. The van der Waals surface area contributed by atoms with Crippen LogP contribution in [0.2, 0.25) is 0 Å². The summed E-state index contributed by atoms with van der Waals surface area (Å²) in [6.45, 7) is -3.67. The van der Waals surface area contributed by atoms with Gasteiger partial charge in [0.1, 0.15) is 0 Å². The van der Waals surface area contributed by atoms with Crippen molar-refractivity contribution in [2.75, 3.05) is 12.5 Å². The highest BCUT2D eigenvalue weighted by Crippen LogP contribution is 1.87. The minimum Gasteiger partial charge on any atom is -0.174 e. The number of hydrogen-bond acceptors (Lipinski definition) is 1. The molecular weight excluding hydrogens is 125 g/mol. The van der Waals surface area contributed by atoms with Gasteiger partial charge in [-0.2, -0.15) is 24.9 Å². The monoisotopic (exact) mass is 132 g/mol. The molecule has 0 amide bonds. The molecule has 0 aromatic carbocycles. The van der Waals surface area contributed by atoms with Gasteiger partial charge in [-0.15, -0.1) is 0 Å². The smallest absolute Gasteiger partial charge is 0.174 e. The van der Waals surface area contributed by atoms with Gasteiger partial charge >= 0.3 is 6.68 Å². The largest absolute Gasteiger partial charge is 0.379 e. The number of halogens is 3. The van der Waals surface area contributed by atoms with Gasteiger partial charge in [0.2, 0.25) is 0 Å². The predicted octanol–water partition coefficient (Wildman–Crippen LogP) is 2.16. The molecule has 0 fully saturated rings. The minimum absolute atomic E-state index is 1.75. The first-order valence-electron chi connectivity index (χ1n) is 1.47. The predicted molar refractivity (Wildman–Crippen MR) is 26.6 cm³/mol. The number of thioether (sulfide) groups is 1. The molecule has 0 aliphatic heterocycles. The Morgan fingerprint density at radius 1 is 1.14 bits per heavy atom. The lowest BCUT2D eigenvalue weighted by Gasteiger charge is -1.65.